The summed E-state index contributed by atoms with van der Waals surface area (Å²) in [6, 6.07) is 9.51. The zero-order valence-electron chi connectivity index (χ0n) is 14.1. The monoisotopic (exact) mass is 333 g/mol. The summed E-state index contributed by atoms with van der Waals surface area (Å²) < 4.78 is 29.5. The number of methoxy groups -OCH3 is 2. The maximum absolute atomic E-state index is 13.5. The minimum absolute atomic E-state index is 0.376. The maximum atomic E-state index is 13.5. The largest absolute Gasteiger partial charge is 0.496 e. The quantitative estimate of drug-likeness (QED) is 0.878. The molecule has 0 radical (unpaired) electrons. The van der Waals surface area contributed by atoms with Crippen LogP contribution in [0.4, 0.5) is 10.1 Å². The zero-order chi connectivity index (χ0) is 17.7. The van der Waals surface area contributed by atoms with Gasteiger partial charge in [0.25, 0.3) is 5.91 Å². The molecule has 1 N–H and O–H groups in total. The average Bonchev–Trinajstić information content (AvgIpc) is 2.57. The highest BCUT2D eigenvalue weighted by molar-refractivity contribution is 5.94. The molecular formula is C18H20FNO4. The third kappa shape index (κ3) is 4.38. The first-order valence-corrected chi connectivity index (χ1v) is 7.39. The third-order valence-electron chi connectivity index (χ3n) is 3.45. The van der Waals surface area contributed by atoms with Crippen LogP contribution in [0.1, 0.15) is 12.5 Å². The fourth-order valence-electron chi connectivity index (χ4n) is 2.02. The van der Waals surface area contributed by atoms with E-state index in [-0.39, 0.29) is 11.7 Å². The van der Waals surface area contributed by atoms with Crippen LogP contribution in [0.2, 0.25) is 0 Å². The summed E-state index contributed by atoms with van der Waals surface area (Å²) in [4.78, 5) is 12.2. The number of halogens is 1. The first-order valence-electron chi connectivity index (χ1n) is 7.39. The highest BCUT2D eigenvalue weighted by Gasteiger charge is 2.16. The van der Waals surface area contributed by atoms with E-state index in [1.807, 2.05) is 0 Å². The molecule has 24 heavy (non-hydrogen) atoms. The predicted octanol–water partition coefficient (Wildman–Crippen LogP) is 3.56. The molecule has 0 aromatic heterocycles. The van der Waals surface area contributed by atoms with Crippen LogP contribution in [-0.2, 0) is 4.79 Å². The van der Waals surface area contributed by atoms with Gasteiger partial charge in [-0.25, -0.2) is 4.39 Å². The first kappa shape index (κ1) is 17.6. The van der Waals surface area contributed by atoms with Crippen molar-refractivity contribution in [2.24, 2.45) is 0 Å². The molecule has 5 nitrogen and oxygen atoms in total. The number of aryl methyl sites for hydroxylation is 1. The maximum Gasteiger partial charge on any atom is 0.265 e. The normalized spacial score (nSPS) is 11.5. The lowest BCUT2D eigenvalue weighted by Crippen LogP contribution is -2.30. The molecule has 1 unspecified atom stereocenters. The smallest absolute Gasteiger partial charge is 0.265 e. The Morgan fingerprint density at radius 2 is 1.62 bits per heavy atom. The van der Waals surface area contributed by atoms with E-state index in [1.165, 1.54) is 20.3 Å². The second-order valence-corrected chi connectivity index (χ2v) is 5.26. The molecule has 0 bridgehead atoms. The van der Waals surface area contributed by atoms with Crippen molar-refractivity contribution in [1.29, 1.82) is 0 Å². The van der Waals surface area contributed by atoms with E-state index < -0.39 is 6.10 Å². The van der Waals surface area contributed by atoms with Gasteiger partial charge in [-0.05, 0) is 31.5 Å². The number of anilines is 1. The van der Waals surface area contributed by atoms with Crippen molar-refractivity contribution in [1.82, 2.24) is 0 Å². The Morgan fingerprint density at radius 1 is 1.04 bits per heavy atom. The second kappa shape index (κ2) is 7.68. The van der Waals surface area contributed by atoms with Gasteiger partial charge in [0.2, 0.25) is 0 Å². The molecule has 6 heteroatoms. The summed E-state index contributed by atoms with van der Waals surface area (Å²) in [5, 5.41) is 2.62. The summed E-state index contributed by atoms with van der Waals surface area (Å²) in [7, 11) is 3.06. The molecular weight excluding hydrogens is 313 g/mol. The van der Waals surface area contributed by atoms with Gasteiger partial charge >= 0.3 is 0 Å². The summed E-state index contributed by atoms with van der Waals surface area (Å²) in [6.45, 7) is 3.26. The SMILES string of the molecule is COc1cc(OC)cc(OC(C)C(=O)Nc2ccc(C)c(F)c2)c1. The van der Waals surface area contributed by atoms with Gasteiger partial charge in [-0.3, -0.25) is 4.79 Å². The fraction of sp³-hybridized carbons (Fsp3) is 0.278. The minimum Gasteiger partial charge on any atom is -0.496 e. The van der Waals surface area contributed by atoms with Gasteiger partial charge in [-0.15, -0.1) is 0 Å². The Kier molecular flexibility index (Phi) is 5.63. The van der Waals surface area contributed by atoms with E-state index in [0.29, 0.717) is 28.5 Å². The van der Waals surface area contributed by atoms with E-state index >= 15 is 0 Å². The molecule has 0 saturated heterocycles. The van der Waals surface area contributed by atoms with E-state index in [2.05, 4.69) is 5.32 Å². The number of benzene rings is 2. The molecule has 0 saturated carbocycles. The molecule has 0 heterocycles. The highest BCUT2D eigenvalue weighted by atomic mass is 19.1. The van der Waals surface area contributed by atoms with Crippen LogP contribution in [0.15, 0.2) is 36.4 Å². The molecule has 128 valence electrons. The summed E-state index contributed by atoms with van der Waals surface area (Å²) >= 11 is 0. The molecule has 0 aliphatic rings. The lowest BCUT2D eigenvalue weighted by molar-refractivity contribution is -0.122. The molecule has 1 atom stereocenters. The zero-order valence-corrected chi connectivity index (χ0v) is 14.1. The van der Waals surface area contributed by atoms with Crippen molar-refractivity contribution in [2.75, 3.05) is 19.5 Å². The van der Waals surface area contributed by atoms with Gasteiger partial charge in [0.15, 0.2) is 6.10 Å². The Balaban J connectivity index is 2.07. The number of carbonyl (C=O) groups is 1. The Bertz CT molecular complexity index is 711. The van der Waals surface area contributed by atoms with E-state index in [0.717, 1.165) is 0 Å². The van der Waals surface area contributed by atoms with E-state index in [4.69, 9.17) is 14.2 Å². The second-order valence-electron chi connectivity index (χ2n) is 5.26. The van der Waals surface area contributed by atoms with Crippen LogP contribution in [0.3, 0.4) is 0 Å². The average molecular weight is 333 g/mol. The summed E-state index contributed by atoms with van der Waals surface area (Å²) in [6.07, 6.45) is -0.786. The van der Waals surface area contributed by atoms with Crippen LogP contribution < -0.4 is 19.5 Å². The van der Waals surface area contributed by atoms with Crippen LogP contribution in [0.5, 0.6) is 17.2 Å². The van der Waals surface area contributed by atoms with Crippen molar-refractivity contribution in [2.45, 2.75) is 20.0 Å². The number of hydrogen-bond donors (Lipinski definition) is 1. The lowest BCUT2D eigenvalue weighted by Gasteiger charge is -2.16. The van der Waals surface area contributed by atoms with Gasteiger partial charge in [0, 0.05) is 23.9 Å². The van der Waals surface area contributed by atoms with Crippen LogP contribution in [0.25, 0.3) is 0 Å². The number of amides is 1. The van der Waals surface area contributed by atoms with Gasteiger partial charge in [0.05, 0.1) is 14.2 Å². The Hall–Kier alpha value is -2.76. The molecule has 0 aliphatic heterocycles. The lowest BCUT2D eigenvalue weighted by atomic mass is 10.2. The van der Waals surface area contributed by atoms with E-state index in [9.17, 15) is 9.18 Å². The Morgan fingerprint density at radius 3 is 2.17 bits per heavy atom. The van der Waals surface area contributed by atoms with Gasteiger partial charge < -0.3 is 19.5 Å². The number of carbonyl (C=O) groups excluding carboxylic acids is 1. The van der Waals surface area contributed by atoms with E-state index in [1.54, 1.807) is 44.2 Å². The molecule has 0 spiro atoms. The van der Waals surface area contributed by atoms with Crippen LogP contribution >= 0.6 is 0 Å². The van der Waals surface area contributed by atoms with Crippen molar-refractivity contribution >= 4 is 11.6 Å². The molecule has 0 aliphatic carbocycles. The molecule has 2 aromatic carbocycles. The molecule has 0 fully saturated rings. The highest BCUT2D eigenvalue weighted by Crippen LogP contribution is 2.28. The van der Waals surface area contributed by atoms with Crippen molar-refractivity contribution < 1.29 is 23.4 Å². The molecule has 1 amide bonds. The summed E-state index contributed by atoms with van der Waals surface area (Å²) in [5.74, 6) is 0.776. The Labute approximate surface area is 140 Å². The summed E-state index contributed by atoms with van der Waals surface area (Å²) in [5.41, 5.74) is 0.891. The van der Waals surface area contributed by atoms with Crippen molar-refractivity contribution in [3.8, 4) is 17.2 Å². The number of rotatable bonds is 6. The van der Waals surface area contributed by atoms with Gasteiger partial charge in [0.1, 0.15) is 23.1 Å². The standard InChI is InChI=1S/C18H20FNO4/c1-11-5-6-13(7-17(11)19)20-18(21)12(2)24-16-9-14(22-3)8-15(10-16)23-4/h5-10,12H,1-4H3,(H,20,21). The van der Waals surface area contributed by atoms with Crippen LogP contribution in [0, 0.1) is 12.7 Å². The number of nitrogens with one attached hydrogen (secondary N) is 1. The van der Waals surface area contributed by atoms with Gasteiger partial charge in [-0.2, -0.15) is 0 Å². The number of hydrogen-bond acceptors (Lipinski definition) is 4. The molecule has 2 aromatic rings. The molecule has 2 rings (SSSR count). The predicted molar refractivity (Wildman–Crippen MR) is 89.4 cm³/mol. The van der Waals surface area contributed by atoms with Crippen LogP contribution in [-0.4, -0.2) is 26.2 Å². The van der Waals surface area contributed by atoms with Crippen molar-refractivity contribution in [3.63, 3.8) is 0 Å². The third-order valence-corrected chi connectivity index (χ3v) is 3.45. The first-order chi connectivity index (χ1) is 11.4. The fourth-order valence-corrected chi connectivity index (χ4v) is 2.02. The van der Waals surface area contributed by atoms with Gasteiger partial charge in [-0.1, -0.05) is 6.07 Å². The topological polar surface area (TPSA) is 56.8 Å². The number of ether oxygens (including phenoxy) is 3. The van der Waals surface area contributed by atoms with Crippen molar-refractivity contribution in [3.05, 3.63) is 47.8 Å². The minimum atomic E-state index is -0.786.